The maximum Gasteiger partial charge on any atom is 1.00 e. The molecule has 0 fully saturated rings. The van der Waals surface area contributed by atoms with Gasteiger partial charge in [-0.2, -0.15) is 0 Å². The standard InChI is InChI=1S/C10H7NO2.Na/c12-10(13)9-6-5-7-3-1-2-4-8(7)11-9;/h1-6H,(H,12,13);/q;+1/p-1. The molecule has 0 aliphatic rings. The first-order valence-corrected chi connectivity index (χ1v) is 3.84. The van der Waals surface area contributed by atoms with Gasteiger partial charge in [-0.1, -0.05) is 24.3 Å². The first-order chi connectivity index (χ1) is 6.27. The number of carbonyl (C=O) groups is 1. The number of carboxylic acids is 1. The van der Waals surface area contributed by atoms with Gasteiger partial charge >= 0.3 is 29.6 Å². The minimum absolute atomic E-state index is 0. The Morgan fingerprint density at radius 3 is 2.57 bits per heavy atom. The van der Waals surface area contributed by atoms with Gasteiger partial charge in [0.25, 0.3) is 0 Å². The molecule has 0 N–H and O–H groups in total. The molecule has 0 bridgehead atoms. The van der Waals surface area contributed by atoms with Crippen LogP contribution in [-0.2, 0) is 0 Å². The number of carbonyl (C=O) groups excluding carboxylic acids is 1. The van der Waals surface area contributed by atoms with Gasteiger partial charge in [-0.3, -0.25) is 0 Å². The zero-order valence-corrected chi connectivity index (χ0v) is 9.73. The SMILES string of the molecule is O=C([O-])c1ccc2ccccc2n1.[Na+]. The number of fused-ring (bicyclic) bond motifs is 1. The van der Waals surface area contributed by atoms with Gasteiger partial charge in [-0.25, -0.2) is 4.98 Å². The van der Waals surface area contributed by atoms with Crippen molar-refractivity contribution >= 4 is 16.9 Å². The monoisotopic (exact) mass is 195 g/mol. The van der Waals surface area contributed by atoms with E-state index in [1.165, 1.54) is 6.07 Å². The Bertz CT molecular complexity index is 470. The van der Waals surface area contributed by atoms with E-state index < -0.39 is 5.97 Å². The van der Waals surface area contributed by atoms with Crippen molar-refractivity contribution in [2.75, 3.05) is 0 Å². The summed E-state index contributed by atoms with van der Waals surface area (Å²) in [6.45, 7) is 0. The van der Waals surface area contributed by atoms with E-state index in [-0.39, 0.29) is 35.3 Å². The zero-order valence-electron chi connectivity index (χ0n) is 7.73. The molecule has 0 atom stereocenters. The zero-order chi connectivity index (χ0) is 9.26. The summed E-state index contributed by atoms with van der Waals surface area (Å²) in [4.78, 5) is 14.4. The third-order valence-corrected chi connectivity index (χ3v) is 1.81. The molecule has 2 rings (SSSR count). The van der Waals surface area contributed by atoms with Crippen LogP contribution in [0.15, 0.2) is 36.4 Å². The third-order valence-electron chi connectivity index (χ3n) is 1.81. The molecule has 4 heteroatoms. The van der Waals surface area contributed by atoms with Gasteiger partial charge in [0.15, 0.2) is 0 Å². The molecule has 1 aromatic carbocycles. The van der Waals surface area contributed by atoms with Crippen LogP contribution < -0.4 is 34.7 Å². The van der Waals surface area contributed by atoms with Crippen molar-refractivity contribution in [1.29, 1.82) is 0 Å². The molecule has 0 spiro atoms. The fourth-order valence-corrected chi connectivity index (χ4v) is 1.18. The average molecular weight is 195 g/mol. The Balaban J connectivity index is 0.000000980. The predicted octanol–water partition coefficient (Wildman–Crippen LogP) is -2.40. The first kappa shape index (κ1) is 11.2. The van der Waals surface area contributed by atoms with Crippen LogP contribution in [0.25, 0.3) is 10.9 Å². The smallest absolute Gasteiger partial charge is 0.543 e. The number of nitrogens with zero attached hydrogens (tertiary/aromatic N) is 1. The van der Waals surface area contributed by atoms with Crippen LogP contribution in [0.4, 0.5) is 0 Å². The van der Waals surface area contributed by atoms with Crippen molar-refractivity contribution in [3.63, 3.8) is 0 Å². The van der Waals surface area contributed by atoms with Crippen LogP contribution >= 0.6 is 0 Å². The molecule has 0 saturated carbocycles. The summed E-state index contributed by atoms with van der Waals surface area (Å²) >= 11 is 0. The number of aromatic nitrogens is 1. The van der Waals surface area contributed by atoms with Crippen LogP contribution in [-0.4, -0.2) is 11.0 Å². The molecule has 1 heterocycles. The number of rotatable bonds is 1. The van der Waals surface area contributed by atoms with E-state index >= 15 is 0 Å². The molecule has 0 radical (unpaired) electrons. The van der Waals surface area contributed by atoms with E-state index in [1.54, 1.807) is 12.1 Å². The Kier molecular flexibility index (Phi) is 3.63. The van der Waals surface area contributed by atoms with E-state index in [0.717, 1.165) is 5.39 Å². The first-order valence-electron chi connectivity index (χ1n) is 3.84. The van der Waals surface area contributed by atoms with Gasteiger partial charge in [0, 0.05) is 5.39 Å². The summed E-state index contributed by atoms with van der Waals surface area (Å²) in [7, 11) is 0. The maximum absolute atomic E-state index is 10.5. The number of pyridine rings is 1. The van der Waals surface area contributed by atoms with Crippen LogP contribution in [0, 0.1) is 0 Å². The molecular formula is C10H6NNaO2. The molecule has 0 unspecified atom stereocenters. The number of benzene rings is 1. The van der Waals surface area contributed by atoms with Crippen LogP contribution in [0.2, 0.25) is 0 Å². The summed E-state index contributed by atoms with van der Waals surface area (Å²) in [5, 5.41) is 11.4. The number of hydrogen-bond donors (Lipinski definition) is 0. The number of aromatic carboxylic acids is 1. The second-order valence-electron chi connectivity index (χ2n) is 2.68. The molecule has 0 amide bonds. The van der Waals surface area contributed by atoms with Crippen LogP contribution in [0.1, 0.15) is 10.5 Å². The molecule has 2 aromatic rings. The van der Waals surface area contributed by atoms with Gasteiger partial charge in [0.1, 0.15) is 0 Å². The summed E-state index contributed by atoms with van der Waals surface area (Å²) in [6.07, 6.45) is 0. The van der Waals surface area contributed by atoms with Crippen molar-refractivity contribution < 1.29 is 39.5 Å². The Morgan fingerprint density at radius 2 is 1.86 bits per heavy atom. The fraction of sp³-hybridized carbons (Fsp3) is 0. The number of hydrogen-bond acceptors (Lipinski definition) is 3. The third kappa shape index (κ3) is 2.12. The van der Waals surface area contributed by atoms with Crippen molar-refractivity contribution in [2.24, 2.45) is 0 Å². The van der Waals surface area contributed by atoms with Gasteiger partial charge in [-0.15, -0.1) is 0 Å². The number of carboxylic acid groups (broad SMARTS) is 1. The average Bonchev–Trinajstić information content (AvgIpc) is 2.17. The van der Waals surface area contributed by atoms with E-state index in [2.05, 4.69) is 4.98 Å². The minimum atomic E-state index is -1.24. The topological polar surface area (TPSA) is 53.0 Å². The summed E-state index contributed by atoms with van der Waals surface area (Å²) in [5.41, 5.74) is 0.642. The van der Waals surface area contributed by atoms with Crippen molar-refractivity contribution in [1.82, 2.24) is 4.98 Å². The molecule has 64 valence electrons. The van der Waals surface area contributed by atoms with Crippen LogP contribution in [0.3, 0.4) is 0 Å². The van der Waals surface area contributed by atoms with Crippen molar-refractivity contribution in [3.8, 4) is 0 Å². The maximum atomic E-state index is 10.5. The molecule has 0 saturated heterocycles. The van der Waals surface area contributed by atoms with E-state index in [0.29, 0.717) is 5.52 Å². The Hall–Kier alpha value is -0.900. The van der Waals surface area contributed by atoms with E-state index in [1.807, 2.05) is 18.2 Å². The molecular weight excluding hydrogens is 189 g/mol. The number of para-hydroxylation sites is 1. The van der Waals surface area contributed by atoms with Crippen LogP contribution in [0.5, 0.6) is 0 Å². The molecule has 0 aliphatic heterocycles. The van der Waals surface area contributed by atoms with Crippen molar-refractivity contribution in [2.45, 2.75) is 0 Å². The Labute approximate surface area is 103 Å². The van der Waals surface area contributed by atoms with Gasteiger partial charge in [0.2, 0.25) is 0 Å². The van der Waals surface area contributed by atoms with Gasteiger partial charge in [0.05, 0.1) is 17.2 Å². The Morgan fingerprint density at radius 1 is 1.14 bits per heavy atom. The summed E-state index contributed by atoms with van der Waals surface area (Å²) < 4.78 is 0. The normalized spacial score (nSPS) is 9.43. The van der Waals surface area contributed by atoms with Gasteiger partial charge < -0.3 is 9.90 Å². The van der Waals surface area contributed by atoms with E-state index in [4.69, 9.17) is 0 Å². The summed E-state index contributed by atoms with van der Waals surface area (Å²) in [6, 6.07) is 10.5. The molecule has 3 nitrogen and oxygen atoms in total. The fourth-order valence-electron chi connectivity index (χ4n) is 1.18. The van der Waals surface area contributed by atoms with Gasteiger partial charge in [-0.05, 0) is 12.1 Å². The van der Waals surface area contributed by atoms with Crippen molar-refractivity contribution in [3.05, 3.63) is 42.1 Å². The molecule has 1 aromatic heterocycles. The molecule has 14 heavy (non-hydrogen) atoms. The molecule has 0 aliphatic carbocycles. The minimum Gasteiger partial charge on any atom is -0.543 e. The summed E-state index contributed by atoms with van der Waals surface area (Å²) in [5.74, 6) is -1.24. The second kappa shape index (κ2) is 4.55. The van der Waals surface area contributed by atoms with E-state index in [9.17, 15) is 9.90 Å². The quantitative estimate of drug-likeness (QED) is 0.477. The second-order valence-corrected chi connectivity index (χ2v) is 2.68. The largest absolute Gasteiger partial charge is 1.00 e. The predicted molar refractivity (Wildman–Crippen MR) is 46.1 cm³/mol.